The van der Waals surface area contributed by atoms with Gasteiger partial charge < -0.3 is 5.32 Å². The lowest BCUT2D eigenvalue weighted by atomic mass is 10.1. The first-order valence-corrected chi connectivity index (χ1v) is 7.29. The normalized spacial score (nSPS) is 17.7. The van der Waals surface area contributed by atoms with E-state index in [4.69, 9.17) is 0 Å². The maximum atomic E-state index is 3.66. The maximum absolute atomic E-state index is 3.66. The molecule has 2 aliphatic rings. The second-order valence-electron chi connectivity index (χ2n) is 5.98. The Morgan fingerprint density at radius 3 is 2.63 bits per heavy atom. The number of hydrogen-bond acceptors (Lipinski definition) is 1. The second-order valence-corrected chi connectivity index (χ2v) is 5.98. The van der Waals surface area contributed by atoms with Crippen LogP contribution in [0.1, 0.15) is 30.9 Å². The van der Waals surface area contributed by atoms with Crippen molar-refractivity contribution in [2.45, 2.75) is 32.2 Å². The van der Waals surface area contributed by atoms with E-state index in [0.717, 1.165) is 12.3 Å². The number of benzene rings is 2. The maximum Gasteiger partial charge on any atom is 0.0345 e. The molecule has 0 heterocycles. The van der Waals surface area contributed by atoms with Crippen LogP contribution in [0.2, 0.25) is 0 Å². The molecule has 2 aromatic rings. The summed E-state index contributed by atoms with van der Waals surface area (Å²) < 4.78 is 0. The molecule has 19 heavy (non-hydrogen) atoms. The van der Waals surface area contributed by atoms with Gasteiger partial charge in [-0.25, -0.2) is 0 Å². The van der Waals surface area contributed by atoms with Crippen LogP contribution < -0.4 is 5.32 Å². The summed E-state index contributed by atoms with van der Waals surface area (Å²) in [5.41, 5.74) is 7.05. The topological polar surface area (TPSA) is 12.0 Å². The van der Waals surface area contributed by atoms with Gasteiger partial charge in [-0.1, -0.05) is 30.3 Å². The molecule has 0 saturated heterocycles. The van der Waals surface area contributed by atoms with E-state index in [0.29, 0.717) is 6.04 Å². The van der Waals surface area contributed by atoms with E-state index in [1.54, 1.807) is 0 Å². The van der Waals surface area contributed by atoms with E-state index in [9.17, 15) is 0 Å². The SMILES string of the molecule is CC(Nc1ccc2c(c1)Cc1ccccc1-2)C1CC1. The van der Waals surface area contributed by atoms with Crippen molar-refractivity contribution in [3.8, 4) is 11.1 Å². The summed E-state index contributed by atoms with van der Waals surface area (Å²) in [6.45, 7) is 2.31. The number of nitrogens with one attached hydrogen (secondary N) is 1. The molecule has 1 N–H and O–H groups in total. The van der Waals surface area contributed by atoms with Gasteiger partial charge in [-0.3, -0.25) is 0 Å². The monoisotopic (exact) mass is 249 g/mol. The van der Waals surface area contributed by atoms with Crippen LogP contribution in [0.4, 0.5) is 5.69 Å². The van der Waals surface area contributed by atoms with E-state index in [1.165, 1.54) is 40.8 Å². The Labute approximate surface area is 114 Å². The first-order chi connectivity index (χ1) is 9.31. The molecule has 0 bridgehead atoms. The highest BCUT2D eigenvalue weighted by Crippen LogP contribution is 2.38. The van der Waals surface area contributed by atoms with Gasteiger partial charge in [-0.15, -0.1) is 0 Å². The first kappa shape index (κ1) is 11.1. The molecule has 96 valence electrons. The molecule has 0 aromatic heterocycles. The number of rotatable bonds is 3. The van der Waals surface area contributed by atoms with Crippen LogP contribution in [-0.4, -0.2) is 6.04 Å². The fourth-order valence-electron chi connectivity index (χ4n) is 3.21. The summed E-state index contributed by atoms with van der Waals surface area (Å²) in [6, 6.07) is 16.2. The van der Waals surface area contributed by atoms with E-state index < -0.39 is 0 Å². The second kappa shape index (κ2) is 4.12. The van der Waals surface area contributed by atoms with Crippen molar-refractivity contribution >= 4 is 5.69 Å². The van der Waals surface area contributed by atoms with E-state index in [-0.39, 0.29) is 0 Å². The van der Waals surface area contributed by atoms with Gasteiger partial charge in [0.2, 0.25) is 0 Å². The van der Waals surface area contributed by atoms with Crippen LogP contribution in [-0.2, 0) is 6.42 Å². The lowest BCUT2D eigenvalue weighted by Gasteiger charge is -2.15. The molecule has 1 atom stereocenters. The van der Waals surface area contributed by atoms with Crippen LogP contribution in [0, 0.1) is 5.92 Å². The van der Waals surface area contributed by atoms with Gasteiger partial charge in [0.05, 0.1) is 0 Å². The molecule has 1 nitrogen and oxygen atoms in total. The van der Waals surface area contributed by atoms with Crippen molar-refractivity contribution in [2.75, 3.05) is 5.32 Å². The zero-order chi connectivity index (χ0) is 12.8. The third-order valence-corrected chi connectivity index (χ3v) is 4.52. The van der Waals surface area contributed by atoms with Crippen LogP contribution in [0.3, 0.4) is 0 Å². The number of anilines is 1. The summed E-state index contributed by atoms with van der Waals surface area (Å²) in [7, 11) is 0. The number of fused-ring (bicyclic) bond motifs is 3. The minimum Gasteiger partial charge on any atom is -0.382 e. The largest absolute Gasteiger partial charge is 0.382 e. The summed E-state index contributed by atoms with van der Waals surface area (Å²) >= 11 is 0. The quantitative estimate of drug-likeness (QED) is 0.722. The van der Waals surface area contributed by atoms with Gasteiger partial charge in [-0.05, 0) is 66.5 Å². The Hall–Kier alpha value is -1.76. The average Bonchev–Trinajstić information content (AvgIpc) is 3.20. The summed E-state index contributed by atoms with van der Waals surface area (Å²) in [5, 5.41) is 3.66. The van der Waals surface area contributed by atoms with Crippen molar-refractivity contribution in [3.63, 3.8) is 0 Å². The zero-order valence-electron chi connectivity index (χ0n) is 11.3. The van der Waals surface area contributed by atoms with Crippen LogP contribution in [0.5, 0.6) is 0 Å². The van der Waals surface area contributed by atoms with E-state index in [1.807, 2.05) is 0 Å². The molecule has 0 radical (unpaired) electrons. The van der Waals surface area contributed by atoms with E-state index >= 15 is 0 Å². The highest BCUT2D eigenvalue weighted by molar-refractivity contribution is 5.78. The average molecular weight is 249 g/mol. The van der Waals surface area contributed by atoms with Crippen molar-refractivity contribution in [1.29, 1.82) is 0 Å². The molecule has 2 aliphatic carbocycles. The minimum absolute atomic E-state index is 0.613. The number of hydrogen-bond donors (Lipinski definition) is 1. The van der Waals surface area contributed by atoms with Gasteiger partial charge in [0.1, 0.15) is 0 Å². The smallest absolute Gasteiger partial charge is 0.0345 e. The fourth-order valence-corrected chi connectivity index (χ4v) is 3.21. The van der Waals surface area contributed by atoms with Gasteiger partial charge in [-0.2, -0.15) is 0 Å². The zero-order valence-corrected chi connectivity index (χ0v) is 11.3. The van der Waals surface area contributed by atoms with Crippen molar-refractivity contribution in [2.24, 2.45) is 5.92 Å². The van der Waals surface area contributed by atoms with Gasteiger partial charge >= 0.3 is 0 Å². The van der Waals surface area contributed by atoms with Crippen LogP contribution in [0.15, 0.2) is 42.5 Å². The Balaban J connectivity index is 1.63. The Morgan fingerprint density at radius 2 is 1.79 bits per heavy atom. The predicted octanol–water partition coefficient (Wildman–Crippen LogP) is 4.47. The Morgan fingerprint density at radius 1 is 1.00 bits per heavy atom. The first-order valence-electron chi connectivity index (χ1n) is 7.29. The van der Waals surface area contributed by atoms with Crippen LogP contribution in [0.25, 0.3) is 11.1 Å². The van der Waals surface area contributed by atoms with Crippen molar-refractivity contribution < 1.29 is 0 Å². The van der Waals surface area contributed by atoms with Gasteiger partial charge in [0.25, 0.3) is 0 Å². The van der Waals surface area contributed by atoms with Crippen molar-refractivity contribution in [3.05, 3.63) is 53.6 Å². The lowest BCUT2D eigenvalue weighted by molar-refractivity contribution is 0.694. The Bertz CT molecular complexity index is 625. The standard InChI is InChI=1S/C18H19N/c1-12(13-6-7-13)19-16-8-9-18-15(11-16)10-14-4-2-3-5-17(14)18/h2-5,8-9,11-13,19H,6-7,10H2,1H3. The van der Waals surface area contributed by atoms with Gasteiger partial charge in [0.15, 0.2) is 0 Å². The third-order valence-electron chi connectivity index (χ3n) is 4.52. The molecule has 1 unspecified atom stereocenters. The summed E-state index contributed by atoms with van der Waals surface area (Å²) in [6.07, 6.45) is 3.87. The third kappa shape index (κ3) is 1.94. The molecule has 0 spiro atoms. The highest BCUT2D eigenvalue weighted by Gasteiger charge is 2.28. The van der Waals surface area contributed by atoms with Crippen LogP contribution >= 0.6 is 0 Å². The Kier molecular flexibility index (Phi) is 2.41. The molecule has 2 aromatic carbocycles. The fraction of sp³-hybridized carbons (Fsp3) is 0.333. The molecular weight excluding hydrogens is 230 g/mol. The molecule has 1 heteroatoms. The highest BCUT2D eigenvalue weighted by atomic mass is 14.9. The summed E-state index contributed by atoms with van der Waals surface area (Å²) in [5.74, 6) is 0.894. The predicted molar refractivity (Wildman–Crippen MR) is 80.5 cm³/mol. The molecule has 4 rings (SSSR count). The molecule has 1 saturated carbocycles. The van der Waals surface area contributed by atoms with Crippen molar-refractivity contribution in [1.82, 2.24) is 0 Å². The van der Waals surface area contributed by atoms with E-state index in [2.05, 4.69) is 54.7 Å². The molecule has 0 amide bonds. The lowest BCUT2D eigenvalue weighted by Crippen LogP contribution is -2.17. The van der Waals surface area contributed by atoms with Gasteiger partial charge in [0, 0.05) is 11.7 Å². The molecule has 1 fully saturated rings. The molecular formula is C18H19N. The summed E-state index contributed by atoms with van der Waals surface area (Å²) in [4.78, 5) is 0. The minimum atomic E-state index is 0.613. The molecule has 0 aliphatic heterocycles.